The Bertz CT molecular complexity index is 694. The number of ketones is 1. The summed E-state index contributed by atoms with van der Waals surface area (Å²) in [7, 11) is 0. The normalized spacial score (nSPS) is 15.3. The molecule has 0 aliphatic heterocycles. The molecule has 8 nitrogen and oxygen atoms in total. The zero-order valence-electron chi connectivity index (χ0n) is 17.0. The summed E-state index contributed by atoms with van der Waals surface area (Å²) in [5.41, 5.74) is 12.2. The molecule has 1 aromatic carbocycles. The predicted octanol–water partition coefficient (Wildman–Crippen LogP) is 0.307. The van der Waals surface area contributed by atoms with Crippen LogP contribution in [-0.4, -0.2) is 54.0 Å². The van der Waals surface area contributed by atoms with Crippen molar-refractivity contribution in [3.05, 3.63) is 34.9 Å². The highest BCUT2D eigenvalue weighted by Gasteiger charge is 2.30. The van der Waals surface area contributed by atoms with Gasteiger partial charge in [-0.25, -0.2) is 0 Å². The minimum absolute atomic E-state index is 0.0277. The Kier molecular flexibility index (Phi) is 10.2. The van der Waals surface area contributed by atoms with Crippen molar-refractivity contribution in [2.24, 2.45) is 17.4 Å². The van der Waals surface area contributed by atoms with Crippen molar-refractivity contribution in [3.63, 3.8) is 0 Å². The summed E-state index contributed by atoms with van der Waals surface area (Å²) in [5.74, 6) is -1.93. The van der Waals surface area contributed by atoms with Crippen LogP contribution in [0.3, 0.4) is 0 Å². The minimum atomic E-state index is -1.22. The van der Waals surface area contributed by atoms with Crippen LogP contribution in [0.1, 0.15) is 38.7 Å². The Hall–Kier alpha value is -2.00. The maximum atomic E-state index is 12.5. The lowest BCUT2D eigenvalue weighted by Crippen LogP contribution is -2.57. The van der Waals surface area contributed by atoms with E-state index in [1.165, 1.54) is 6.92 Å². The summed E-state index contributed by atoms with van der Waals surface area (Å²) < 4.78 is 0. The minimum Gasteiger partial charge on any atom is -0.391 e. The van der Waals surface area contributed by atoms with Gasteiger partial charge in [0.2, 0.25) is 11.8 Å². The molecule has 0 heterocycles. The first-order valence-corrected chi connectivity index (χ1v) is 9.95. The number of carbonyl (C=O) groups is 3. The standard InChI is InChI=1S/C20H31ClN4O4/c1-11(2)19(28)16(10-23)24-20(29)18(12(3)26)25-17(27)8-14(9-22)13-4-6-15(21)7-5-13/h4-7,11-12,14,16,18,26H,8-10,22-23H2,1-3H3,(H,24,29)(H,25,27)/t12?,14?,16-,18-/m0/s1. The smallest absolute Gasteiger partial charge is 0.245 e. The third-order valence-electron chi connectivity index (χ3n) is 4.60. The van der Waals surface area contributed by atoms with Gasteiger partial charge in [0.15, 0.2) is 5.78 Å². The third-order valence-corrected chi connectivity index (χ3v) is 4.86. The molecule has 0 spiro atoms. The van der Waals surface area contributed by atoms with Crippen LogP contribution < -0.4 is 22.1 Å². The molecule has 0 radical (unpaired) electrons. The van der Waals surface area contributed by atoms with Gasteiger partial charge in [0.05, 0.1) is 12.1 Å². The second-order valence-corrected chi connectivity index (χ2v) is 7.76. The molecule has 162 valence electrons. The highest BCUT2D eigenvalue weighted by atomic mass is 35.5. The van der Waals surface area contributed by atoms with Gasteiger partial charge in [-0.2, -0.15) is 0 Å². The first-order valence-electron chi connectivity index (χ1n) is 9.57. The van der Waals surface area contributed by atoms with Gasteiger partial charge in [-0.3, -0.25) is 14.4 Å². The molecule has 2 unspecified atom stereocenters. The molecule has 0 aliphatic carbocycles. The van der Waals surface area contributed by atoms with Gasteiger partial charge in [-0.15, -0.1) is 0 Å². The fourth-order valence-corrected chi connectivity index (χ4v) is 2.97. The molecule has 4 atom stereocenters. The first-order chi connectivity index (χ1) is 13.6. The molecule has 7 N–H and O–H groups in total. The zero-order valence-corrected chi connectivity index (χ0v) is 17.8. The van der Waals surface area contributed by atoms with Gasteiger partial charge in [0, 0.05) is 29.8 Å². The maximum absolute atomic E-state index is 12.5. The number of benzene rings is 1. The van der Waals surface area contributed by atoms with Crippen LogP contribution in [0.2, 0.25) is 5.02 Å². The number of aliphatic hydroxyl groups excluding tert-OH is 1. The average molecular weight is 427 g/mol. The first kappa shape index (κ1) is 25.0. The number of aliphatic hydroxyl groups is 1. The lowest BCUT2D eigenvalue weighted by atomic mass is 9.95. The second-order valence-electron chi connectivity index (χ2n) is 7.33. The number of hydrogen-bond acceptors (Lipinski definition) is 6. The number of amides is 2. The molecule has 0 aliphatic rings. The number of carbonyl (C=O) groups excluding carboxylic acids is 3. The van der Waals surface area contributed by atoms with Crippen LogP contribution in [0.5, 0.6) is 0 Å². The number of nitrogens with two attached hydrogens (primary N) is 2. The number of Topliss-reactive ketones (excluding diaryl/α,β-unsaturated/α-hetero) is 1. The average Bonchev–Trinajstić information content (AvgIpc) is 2.68. The molecule has 2 amide bonds. The van der Waals surface area contributed by atoms with E-state index in [2.05, 4.69) is 10.6 Å². The quantitative estimate of drug-likeness (QED) is 0.344. The molecule has 29 heavy (non-hydrogen) atoms. The van der Waals surface area contributed by atoms with E-state index >= 15 is 0 Å². The fourth-order valence-electron chi connectivity index (χ4n) is 2.84. The van der Waals surface area contributed by atoms with Gasteiger partial charge < -0.3 is 27.2 Å². The van der Waals surface area contributed by atoms with Gasteiger partial charge >= 0.3 is 0 Å². The summed E-state index contributed by atoms with van der Waals surface area (Å²) in [6, 6.07) is 4.89. The van der Waals surface area contributed by atoms with Crippen LogP contribution in [0.4, 0.5) is 0 Å². The highest BCUT2D eigenvalue weighted by molar-refractivity contribution is 6.30. The van der Waals surface area contributed by atoms with Crippen molar-refractivity contribution in [3.8, 4) is 0 Å². The molecule has 0 bridgehead atoms. The van der Waals surface area contributed by atoms with Gasteiger partial charge in [-0.05, 0) is 31.2 Å². The third kappa shape index (κ3) is 7.74. The molecule has 9 heteroatoms. The van der Waals surface area contributed by atoms with E-state index in [4.69, 9.17) is 23.1 Å². The van der Waals surface area contributed by atoms with E-state index in [1.54, 1.807) is 38.1 Å². The maximum Gasteiger partial charge on any atom is 0.245 e. The Labute approximate surface area is 176 Å². The summed E-state index contributed by atoms with van der Waals surface area (Å²) in [5, 5.41) is 15.6. The lowest BCUT2D eigenvalue weighted by Gasteiger charge is -2.25. The van der Waals surface area contributed by atoms with E-state index in [-0.39, 0.29) is 37.1 Å². The van der Waals surface area contributed by atoms with E-state index < -0.39 is 30.0 Å². The number of hydrogen-bond donors (Lipinski definition) is 5. The van der Waals surface area contributed by atoms with E-state index in [1.807, 2.05) is 0 Å². The molecule has 0 saturated carbocycles. The molecular weight excluding hydrogens is 396 g/mol. The van der Waals surface area contributed by atoms with Crippen LogP contribution in [0, 0.1) is 5.92 Å². The predicted molar refractivity (Wildman–Crippen MR) is 112 cm³/mol. The summed E-state index contributed by atoms with van der Waals surface area (Å²) in [6.07, 6.45) is -1.14. The van der Waals surface area contributed by atoms with Crippen molar-refractivity contribution in [2.75, 3.05) is 13.1 Å². The Morgan fingerprint density at radius 2 is 1.62 bits per heavy atom. The Balaban J connectivity index is 2.81. The number of rotatable bonds is 11. The zero-order chi connectivity index (χ0) is 22.1. The van der Waals surface area contributed by atoms with Crippen molar-refractivity contribution in [2.45, 2.75) is 51.3 Å². The molecule has 0 fully saturated rings. The molecular formula is C20H31ClN4O4. The van der Waals surface area contributed by atoms with Crippen molar-refractivity contribution in [1.29, 1.82) is 0 Å². The topological polar surface area (TPSA) is 148 Å². The van der Waals surface area contributed by atoms with Crippen LogP contribution in [0.25, 0.3) is 0 Å². The Morgan fingerprint density at radius 1 is 1.03 bits per heavy atom. The van der Waals surface area contributed by atoms with E-state index in [9.17, 15) is 19.5 Å². The van der Waals surface area contributed by atoms with Crippen molar-refractivity contribution in [1.82, 2.24) is 10.6 Å². The van der Waals surface area contributed by atoms with Crippen LogP contribution >= 0.6 is 11.6 Å². The second kappa shape index (κ2) is 11.9. The number of halogens is 1. The van der Waals surface area contributed by atoms with Crippen LogP contribution in [0.15, 0.2) is 24.3 Å². The summed E-state index contributed by atoms with van der Waals surface area (Å²) >= 11 is 5.88. The monoisotopic (exact) mass is 426 g/mol. The van der Waals surface area contributed by atoms with Gasteiger partial charge in [-0.1, -0.05) is 37.6 Å². The van der Waals surface area contributed by atoms with Crippen molar-refractivity contribution < 1.29 is 19.5 Å². The molecule has 1 rings (SSSR count). The van der Waals surface area contributed by atoms with E-state index in [0.29, 0.717) is 5.02 Å². The molecule has 1 aromatic rings. The van der Waals surface area contributed by atoms with Crippen LogP contribution in [-0.2, 0) is 14.4 Å². The number of nitrogens with one attached hydrogen (secondary N) is 2. The van der Waals surface area contributed by atoms with Gasteiger partial charge in [0.25, 0.3) is 0 Å². The summed E-state index contributed by atoms with van der Waals surface area (Å²) in [4.78, 5) is 37.2. The Morgan fingerprint density at radius 3 is 2.07 bits per heavy atom. The lowest BCUT2D eigenvalue weighted by molar-refractivity contribution is -0.134. The molecule has 0 saturated heterocycles. The van der Waals surface area contributed by atoms with Gasteiger partial charge in [0.1, 0.15) is 6.04 Å². The largest absolute Gasteiger partial charge is 0.391 e. The fraction of sp³-hybridized carbons (Fsp3) is 0.550. The highest BCUT2D eigenvalue weighted by Crippen LogP contribution is 2.20. The summed E-state index contributed by atoms with van der Waals surface area (Å²) in [6.45, 7) is 4.93. The van der Waals surface area contributed by atoms with E-state index in [0.717, 1.165) is 5.56 Å². The molecule has 0 aromatic heterocycles. The van der Waals surface area contributed by atoms with Crippen molar-refractivity contribution >= 4 is 29.2 Å². The SMILES string of the molecule is CC(C)C(=O)[C@H](CN)NC(=O)[C@@H](NC(=O)CC(CN)c1ccc(Cl)cc1)C(C)O.